The third-order valence-corrected chi connectivity index (χ3v) is 10.6. The van der Waals surface area contributed by atoms with Crippen LogP contribution in [0.5, 0.6) is 0 Å². The maximum atomic E-state index is 13.4. The molecule has 2 aromatic carbocycles. The van der Waals surface area contributed by atoms with Crippen molar-refractivity contribution in [2.45, 2.75) is 28.5 Å². The summed E-state index contributed by atoms with van der Waals surface area (Å²) in [5, 5.41) is 10.8. The summed E-state index contributed by atoms with van der Waals surface area (Å²) < 4.78 is 34.3. The lowest BCUT2D eigenvalue weighted by molar-refractivity contribution is -0.141. The maximum Gasteiger partial charge on any atom is 0.325 e. The molecule has 0 bridgehead atoms. The number of sulfonamides is 1. The predicted molar refractivity (Wildman–Crippen MR) is 142 cm³/mol. The lowest BCUT2D eigenvalue weighted by Gasteiger charge is -2.24. The Morgan fingerprint density at radius 3 is 2.44 bits per heavy atom. The van der Waals surface area contributed by atoms with E-state index < -0.39 is 32.9 Å². The minimum Gasteiger partial charge on any atom is -0.480 e. The van der Waals surface area contributed by atoms with E-state index in [2.05, 4.69) is 4.72 Å². The number of aliphatic carboxylic acids is 1. The van der Waals surface area contributed by atoms with Gasteiger partial charge in [0, 0.05) is 21.1 Å². The number of carbonyl (C=O) groups is 2. The summed E-state index contributed by atoms with van der Waals surface area (Å²) in [6, 6.07) is 19.1. The Kier molecular flexibility index (Phi) is 7.82. The van der Waals surface area contributed by atoms with Crippen molar-refractivity contribution in [2.75, 3.05) is 18.1 Å². The van der Waals surface area contributed by atoms with E-state index in [-0.39, 0.29) is 28.7 Å². The molecule has 3 aromatic rings. The van der Waals surface area contributed by atoms with Crippen LogP contribution in [-0.2, 0) is 29.8 Å². The molecule has 4 rings (SSSR count). The highest BCUT2D eigenvalue weighted by Crippen LogP contribution is 2.60. The molecule has 0 aliphatic heterocycles. The molecule has 1 heterocycles. The molecule has 0 spiro atoms. The van der Waals surface area contributed by atoms with Gasteiger partial charge >= 0.3 is 11.9 Å². The SMILES string of the molecule is CCOC(=O)CSC[C@@]1(c2ccccc2)CC1(NS(=O)(=O)c1ccc(-c2ccc(Cl)cc2)s1)C(=O)O. The molecule has 1 saturated carbocycles. The topological polar surface area (TPSA) is 110 Å². The zero-order chi connectivity index (χ0) is 26.0. The van der Waals surface area contributed by atoms with E-state index in [0.717, 1.165) is 16.9 Å². The predicted octanol–water partition coefficient (Wildman–Crippen LogP) is 4.81. The van der Waals surface area contributed by atoms with E-state index in [1.807, 2.05) is 6.07 Å². The van der Waals surface area contributed by atoms with Gasteiger partial charge in [0.2, 0.25) is 0 Å². The number of rotatable bonds is 11. The van der Waals surface area contributed by atoms with Gasteiger partial charge in [0.15, 0.2) is 0 Å². The van der Waals surface area contributed by atoms with Gasteiger partial charge in [-0.1, -0.05) is 54.1 Å². The Morgan fingerprint density at radius 1 is 1.11 bits per heavy atom. The molecule has 2 atom stereocenters. The number of ether oxygens (including phenoxy) is 1. The van der Waals surface area contributed by atoms with Crippen LogP contribution in [-0.4, -0.2) is 49.1 Å². The second-order valence-corrected chi connectivity index (χ2v) is 12.8. The average molecular weight is 566 g/mol. The third-order valence-electron chi connectivity index (χ3n) is 6.11. The van der Waals surface area contributed by atoms with Crippen molar-refractivity contribution in [2.24, 2.45) is 0 Å². The Bertz CT molecular complexity index is 1360. The van der Waals surface area contributed by atoms with Crippen LogP contribution >= 0.6 is 34.7 Å². The molecule has 1 aromatic heterocycles. The first-order valence-electron chi connectivity index (χ1n) is 11.1. The molecule has 1 unspecified atom stereocenters. The number of benzene rings is 2. The van der Waals surface area contributed by atoms with Crippen molar-refractivity contribution < 1.29 is 27.9 Å². The van der Waals surface area contributed by atoms with Gasteiger partial charge in [-0.15, -0.1) is 23.1 Å². The van der Waals surface area contributed by atoms with Crippen LogP contribution in [0.4, 0.5) is 0 Å². The first-order chi connectivity index (χ1) is 17.1. The Morgan fingerprint density at radius 2 is 1.81 bits per heavy atom. The molecule has 36 heavy (non-hydrogen) atoms. The molecule has 190 valence electrons. The number of thiophene rings is 1. The average Bonchev–Trinajstić information content (AvgIpc) is 3.22. The van der Waals surface area contributed by atoms with E-state index in [1.165, 1.54) is 17.8 Å². The zero-order valence-corrected chi connectivity index (χ0v) is 22.5. The summed E-state index contributed by atoms with van der Waals surface area (Å²) in [6.45, 7) is 1.96. The quantitative estimate of drug-likeness (QED) is 0.321. The highest BCUT2D eigenvalue weighted by Gasteiger charge is 2.74. The summed E-state index contributed by atoms with van der Waals surface area (Å²) in [4.78, 5) is 25.2. The highest BCUT2D eigenvalue weighted by atomic mass is 35.5. The second kappa shape index (κ2) is 10.5. The molecule has 1 fully saturated rings. The molecule has 11 heteroatoms. The Hall–Kier alpha value is -2.37. The van der Waals surface area contributed by atoms with E-state index in [0.29, 0.717) is 15.5 Å². The van der Waals surface area contributed by atoms with Gasteiger partial charge in [0.25, 0.3) is 10.0 Å². The summed E-state index contributed by atoms with van der Waals surface area (Å²) in [5.41, 5.74) is -1.28. The van der Waals surface area contributed by atoms with Crippen LogP contribution in [0.1, 0.15) is 18.9 Å². The maximum absolute atomic E-state index is 13.4. The number of esters is 1. The number of hydrogen-bond acceptors (Lipinski definition) is 7. The van der Waals surface area contributed by atoms with E-state index >= 15 is 0 Å². The fourth-order valence-electron chi connectivity index (χ4n) is 4.25. The lowest BCUT2D eigenvalue weighted by atomic mass is 9.92. The van der Waals surface area contributed by atoms with Gasteiger partial charge in [-0.05, 0) is 48.7 Å². The first kappa shape index (κ1) is 26.7. The van der Waals surface area contributed by atoms with E-state index in [1.54, 1.807) is 61.5 Å². The molecule has 2 N–H and O–H groups in total. The van der Waals surface area contributed by atoms with E-state index in [9.17, 15) is 23.1 Å². The third kappa shape index (κ3) is 5.19. The zero-order valence-electron chi connectivity index (χ0n) is 19.3. The Labute approximate surface area is 222 Å². The van der Waals surface area contributed by atoms with E-state index in [4.69, 9.17) is 16.3 Å². The molecule has 1 aliphatic rings. The lowest BCUT2D eigenvalue weighted by Crippen LogP contribution is -2.49. The summed E-state index contributed by atoms with van der Waals surface area (Å²) in [6.07, 6.45) is 0.0593. The second-order valence-electron chi connectivity index (χ2n) is 8.36. The van der Waals surface area contributed by atoms with Crippen molar-refractivity contribution in [1.82, 2.24) is 4.72 Å². The van der Waals surface area contributed by atoms with Crippen LogP contribution in [0.2, 0.25) is 5.02 Å². The Balaban J connectivity index is 1.63. The fourth-order valence-corrected chi connectivity index (χ4v) is 8.33. The van der Waals surface area contributed by atoms with Gasteiger partial charge in [0.1, 0.15) is 9.75 Å². The van der Waals surface area contributed by atoms with Crippen molar-refractivity contribution in [1.29, 1.82) is 0 Å². The number of hydrogen-bond donors (Lipinski definition) is 2. The molecule has 1 aliphatic carbocycles. The van der Waals surface area contributed by atoms with Crippen LogP contribution in [0.25, 0.3) is 10.4 Å². The molecule has 0 amide bonds. The number of nitrogens with one attached hydrogen (secondary N) is 1. The normalized spacial score (nSPS) is 21.2. The standard InChI is InChI=1S/C25H24ClNO6S3/c1-2-33-21(28)14-34-16-24(18-6-4-3-5-7-18)15-25(24,23(29)30)27-36(31,32)22-13-12-20(35-22)17-8-10-19(26)11-9-17/h3-13,27H,2,14-16H2,1H3,(H,29,30)/t24-,25?/m1/s1. The monoisotopic (exact) mass is 565 g/mol. The summed E-state index contributed by atoms with van der Waals surface area (Å²) in [7, 11) is -4.16. The van der Waals surface area contributed by atoms with Crippen molar-refractivity contribution in [3.8, 4) is 10.4 Å². The van der Waals surface area contributed by atoms with Gasteiger partial charge in [-0.3, -0.25) is 9.59 Å². The molecule has 7 nitrogen and oxygen atoms in total. The molecule has 0 saturated heterocycles. The van der Waals surface area contributed by atoms with Gasteiger partial charge in [0.05, 0.1) is 12.4 Å². The smallest absolute Gasteiger partial charge is 0.325 e. The van der Waals surface area contributed by atoms with Crippen LogP contribution in [0, 0.1) is 0 Å². The van der Waals surface area contributed by atoms with Crippen LogP contribution in [0.15, 0.2) is 70.9 Å². The van der Waals surface area contributed by atoms with Crippen molar-refractivity contribution in [3.63, 3.8) is 0 Å². The number of carboxylic acid groups (broad SMARTS) is 1. The van der Waals surface area contributed by atoms with Gasteiger partial charge in [-0.25, -0.2) is 8.42 Å². The summed E-state index contributed by atoms with van der Waals surface area (Å²) in [5.74, 6) is -1.40. The number of halogens is 1. The molecular formula is C25H24ClNO6S3. The molecule has 0 radical (unpaired) electrons. The van der Waals surface area contributed by atoms with Gasteiger partial charge < -0.3 is 9.84 Å². The number of carbonyl (C=O) groups excluding carboxylic acids is 1. The first-order valence-corrected chi connectivity index (χ1v) is 14.9. The highest BCUT2D eigenvalue weighted by molar-refractivity contribution is 8.00. The van der Waals surface area contributed by atoms with Crippen LogP contribution < -0.4 is 4.72 Å². The van der Waals surface area contributed by atoms with Crippen molar-refractivity contribution in [3.05, 3.63) is 77.3 Å². The minimum atomic E-state index is -4.16. The summed E-state index contributed by atoms with van der Waals surface area (Å²) >= 11 is 8.23. The minimum absolute atomic E-state index is 0.0149. The van der Waals surface area contributed by atoms with Gasteiger partial charge in [-0.2, -0.15) is 4.72 Å². The number of thioether (sulfide) groups is 1. The number of carboxylic acids is 1. The largest absolute Gasteiger partial charge is 0.480 e. The van der Waals surface area contributed by atoms with Crippen molar-refractivity contribution >= 4 is 56.7 Å². The fraction of sp³-hybridized carbons (Fsp3) is 0.280. The molecular weight excluding hydrogens is 542 g/mol. The van der Waals surface area contributed by atoms with Crippen LogP contribution in [0.3, 0.4) is 0 Å².